The van der Waals surface area contributed by atoms with Crippen LogP contribution in [0.1, 0.15) is 22.8 Å². The zero-order valence-corrected chi connectivity index (χ0v) is 12.4. The molecular formula is C15H17N3O3. The molecule has 0 radical (unpaired) electrons. The zero-order valence-electron chi connectivity index (χ0n) is 12.4. The van der Waals surface area contributed by atoms with Gasteiger partial charge in [-0.15, -0.1) is 0 Å². The topological polar surface area (TPSA) is 75.2 Å². The first-order chi connectivity index (χ1) is 9.82. The van der Waals surface area contributed by atoms with E-state index in [9.17, 15) is 14.4 Å². The van der Waals surface area contributed by atoms with Gasteiger partial charge in [-0.05, 0) is 31.5 Å². The molecule has 110 valence electrons. The lowest BCUT2D eigenvalue weighted by Gasteiger charge is -2.17. The number of carbonyl (C=O) groups is 1. The summed E-state index contributed by atoms with van der Waals surface area (Å²) in [5, 5.41) is 0. The number of anilines is 1. The summed E-state index contributed by atoms with van der Waals surface area (Å²) in [5.41, 5.74) is 1.13. The predicted octanol–water partition coefficient (Wildman–Crippen LogP) is 1.10. The first-order valence-electron chi connectivity index (χ1n) is 6.47. The summed E-state index contributed by atoms with van der Waals surface area (Å²) >= 11 is 0. The van der Waals surface area contributed by atoms with E-state index in [0.717, 1.165) is 22.0 Å². The number of aryl methyl sites for hydroxylation is 1. The molecule has 0 bridgehead atoms. The molecular weight excluding hydrogens is 270 g/mol. The van der Waals surface area contributed by atoms with Crippen LogP contribution in [-0.4, -0.2) is 29.4 Å². The Morgan fingerprint density at radius 2 is 1.90 bits per heavy atom. The molecule has 6 heteroatoms. The summed E-state index contributed by atoms with van der Waals surface area (Å²) in [4.78, 5) is 40.0. The van der Waals surface area contributed by atoms with Gasteiger partial charge in [0.1, 0.15) is 0 Å². The number of aromatic nitrogens is 2. The van der Waals surface area contributed by atoms with Crippen LogP contribution in [-0.2, 0) is 0 Å². The largest absolute Gasteiger partial charge is 0.377 e. The number of hydrogen-bond donors (Lipinski definition) is 1. The zero-order chi connectivity index (χ0) is 15.7. The highest BCUT2D eigenvalue weighted by Crippen LogP contribution is 2.20. The van der Waals surface area contributed by atoms with Crippen LogP contribution in [0.25, 0.3) is 5.69 Å². The van der Waals surface area contributed by atoms with E-state index < -0.39 is 11.2 Å². The van der Waals surface area contributed by atoms with Crippen molar-refractivity contribution in [2.45, 2.75) is 13.8 Å². The monoisotopic (exact) mass is 287 g/mol. The van der Waals surface area contributed by atoms with Gasteiger partial charge in [0, 0.05) is 26.0 Å². The molecule has 0 atom stereocenters. The number of nitrogens with zero attached hydrogens (tertiary/aromatic N) is 2. The molecule has 1 heterocycles. The molecule has 1 aromatic carbocycles. The molecule has 1 N–H and O–H groups in total. The molecule has 0 aliphatic rings. The number of Topliss-reactive ketones (excluding diaryl/α,β-unsaturated/α-hetero) is 1. The van der Waals surface area contributed by atoms with Crippen molar-refractivity contribution in [3.05, 3.63) is 56.4 Å². The molecule has 2 rings (SSSR count). The SMILES string of the molecule is CC(=O)c1c[nH]c(=O)n(-c2ccc(C)c(N(C)C)c2)c1=O. The number of ketones is 1. The van der Waals surface area contributed by atoms with E-state index in [2.05, 4.69) is 4.98 Å². The van der Waals surface area contributed by atoms with Gasteiger partial charge in [0.2, 0.25) is 0 Å². The number of hydrogen-bond acceptors (Lipinski definition) is 4. The van der Waals surface area contributed by atoms with E-state index in [1.54, 1.807) is 12.1 Å². The minimum absolute atomic E-state index is 0.0402. The lowest BCUT2D eigenvalue weighted by atomic mass is 10.1. The third-order valence-electron chi connectivity index (χ3n) is 3.29. The lowest BCUT2D eigenvalue weighted by Crippen LogP contribution is -2.36. The van der Waals surface area contributed by atoms with Crippen LogP contribution in [0.5, 0.6) is 0 Å². The third-order valence-corrected chi connectivity index (χ3v) is 3.29. The van der Waals surface area contributed by atoms with E-state index in [-0.39, 0.29) is 11.3 Å². The molecule has 1 aromatic heterocycles. The van der Waals surface area contributed by atoms with Crippen LogP contribution in [0.3, 0.4) is 0 Å². The van der Waals surface area contributed by atoms with Crippen LogP contribution in [0.15, 0.2) is 34.0 Å². The van der Waals surface area contributed by atoms with E-state index >= 15 is 0 Å². The van der Waals surface area contributed by atoms with E-state index in [4.69, 9.17) is 0 Å². The number of aromatic amines is 1. The van der Waals surface area contributed by atoms with Gasteiger partial charge in [-0.3, -0.25) is 9.59 Å². The first kappa shape index (κ1) is 14.8. The van der Waals surface area contributed by atoms with Crippen LogP contribution in [0.4, 0.5) is 5.69 Å². The number of H-pyrrole nitrogens is 1. The summed E-state index contributed by atoms with van der Waals surface area (Å²) in [6.45, 7) is 3.23. The fourth-order valence-electron chi connectivity index (χ4n) is 2.18. The van der Waals surface area contributed by atoms with Crippen molar-refractivity contribution < 1.29 is 4.79 Å². The molecule has 0 saturated carbocycles. The average Bonchev–Trinajstić information content (AvgIpc) is 2.39. The third kappa shape index (κ3) is 2.65. The molecule has 0 saturated heterocycles. The number of rotatable bonds is 3. The molecule has 6 nitrogen and oxygen atoms in total. The summed E-state index contributed by atoms with van der Waals surface area (Å²) in [6, 6.07) is 5.26. The fraction of sp³-hybridized carbons (Fsp3) is 0.267. The molecule has 0 aliphatic heterocycles. The lowest BCUT2D eigenvalue weighted by molar-refractivity contribution is 0.101. The van der Waals surface area contributed by atoms with Gasteiger partial charge in [0.15, 0.2) is 5.78 Å². The highest BCUT2D eigenvalue weighted by Gasteiger charge is 2.13. The van der Waals surface area contributed by atoms with Crippen LogP contribution in [0, 0.1) is 6.92 Å². The molecule has 2 aromatic rings. The number of carbonyl (C=O) groups excluding carboxylic acids is 1. The Hall–Kier alpha value is -2.63. The summed E-state index contributed by atoms with van der Waals surface area (Å²) < 4.78 is 0.975. The van der Waals surface area contributed by atoms with Gasteiger partial charge in [-0.1, -0.05) is 6.07 Å². The molecule has 0 aliphatic carbocycles. The van der Waals surface area contributed by atoms with Crippen molar-refractivity contribution in [2.24, 2.45) is 0 Å². The quantitative estimate of drug-likeness (QED) is 0.858. The fourth-order valence-corrected chi connectivity index (χ4v) is 2.18. The Morgan fingerprint density at radius 3 is 2.48 bits per heavy atom. The van der Waals surface area contributed by atoms with Crippen molar-refractivity contribution in [3.63, 3.8) is 0 Å². The van der Waals surface area contributed by atoms with E-state index in [0.29, 0.717) is 5.69 Å². The Labute approximate surface area is 121 Å². The first-order valence-corrected chi connectivity index (χ1v) is 6.47. The van der Waals surface area contributed by atoms with Crippen molar-refractivity contribution in [1.29, 1.82) is 0 Å². The number of nitrogens with one attached hydrogen (secondary N) is 1. The van der Waals surface area contributed by atoms with Gasteiger partial charge in [-0.25, -0.2) is 9.36 Å². The van der Waals surface area contributed by atoms with Crippen molar-refractivity contribution in [3.8, 4) is 5.69 Å². The van der Waals surface area contributed by atoms with Gasteiger partial charge >= 0.3 is 5.69 Å². The predicted molar refractivity (Wildman–Crippen MR) is 81.7 cm³/mol. The Morgan fingerprint density at radius 1 is 1.24 bits per heavy atom. The maximum absolute atomic E-state index is 12.3. The minimum atomic E-state index is -0.611. The summed E-state index contributed by atoms with van der Waals surface area (Å²) in [7, 11) is 3.76. The standard InChI is InChI=1S/C15H17N3O3/c1-9-5-6-11(7-13(9)17(3)4)18-14(20)12(10(2)19)8-16-15(18)21/h5-8H,1-4H3,(H,16,21). The Kier molecular flexibility index (Phi) is 3.80. The summed E-state index contributed by atoms with van der Waals surface area (Å²) in [6.07, 6.45) is 1.16. The van der Waals surface area contributed by atoms with Gasteiger partial charge in [0.25, 0.3) is 5.56 Å². The Bertz CT molecular complexity index is 816. The van der Waals surface area contributed by atoms with E-state index in [1.165, 1.54) is 6.92 Å². The van der Waals surface area contributed by atoms with Crippen molar-refractivity contribution in [2.75, 3.05) is 19.0 Å². The van der Waals surface area contributed by atoms with Crippen molar-refractivity contribution >= 4 is 11.5 Å². The van der Waals surface area contributed by atoms with Crippen LogP contribution in [0.2, 0.25) is 0 Å². The normalized spacial score (nSPS) is 10.5. The Balaban J connectivity index is 2.76. The van der Waals surface area contributed by atoms with Gasteiger partial charge < -0.3 is 9.88 Å². The smallest absolute Gasteiger partial charge is 0.333 e. The average molecular weight is 287 g/mol. The highest BCUT2D eigenvalue weighted by atomic mass is 16.2. The second kappa shape index (κ2) is 5.40. The van der Waals surface area contributed by atoms with Crippen LogP contribution >= 0.6 is 0 Å². The minimum Gasteiger partial charge on any atom is -0.377 e. The molecule has 0 spiro atoms. The van der Waals surface area contributed by atoms with Gasteiger partial charge in [-0.2, -0.15) is 0 Å². The highest BCUT2D eigenvalue weighted by molar-refractivity contribution is 5.93. The molecule has 0 fully saturated rings. The van der Waals surface area contributed by atoms with Crippen LogP contribution < -0.4 is 16.1 Å². The number of benzene rings is 1. The maximum Gasteiger partial charge on any atom is 0.333 e. The molecule has 21 heavy (non-hydrogen) atoms. The second-order valence-corrected chi connectivity index (χ2v) is 5.07. The van der Waals surface area contributed by atoms with Crippen molar-refractivity contribution in [1.82, 2.24) is 9.55 Å². The molecule has 0 unspecified atom stereocenters. The van der Waals surface area contributed by atoms with Gasteiger partial charge in [0.05, 0.1) is 11.3 Å². The summed E-state index contributed by atoms with van der Waals surface area (Å²) in [5.74, 6) is -0.384. The maximum atomic E-state index is 12.3. The second-order valence-electron chi connectivity index (χ2n) is 5.07. The van der Waals surface area contributed by atoms with E-state index in [1.807, 2.05) is 32.0 Å². The molecule has 0 amide bonds.